The Morgan fingerprint density at radius 3 is 2.93 bits per heavy atom. The summed E-state index contributed by atoms with van der Waals surface area (Å²) in [6, 6.07) is 5.75. The van der Waals surface area contributed by atoms with Crippen LogP contribution < -0.4 is 5.73 Å². The Bertz CT molecular complexity index is 330. The van der Waals surface area contributed by atoms with Gasteiger partial charge in [-0.25, -0.2) is 0 Å². The average molecular weight is 234 g/mol. The third-order valence-corrected chi connectivity index (χ3v) is 2.71. The first kappa shape index (κ1) is 11.8. The molecule has 2 rings (SSSR count). The second-order valence-electron chi connectivity index (χ2n) is 3.39. The van der Waals surface area contributed by atoms with E-state index in [1.54, 1.807) is 0 Å². The molecule has 0 unspecified atom stereocenters. The second kappa shape index (κ2) is 4.49. The Labute approximate surface area is 94.8 Å². The van der Waals surface area contributed by atoms with Crippen LogP contribution in [0.4, 0.5) is 0 Å². The standard InChI is InChI=1S/C10H12ClNO.ClH/c1-6-10(12)9-3-2-8(11)4-7(9)5-13-6;/h2-4,6,10H,5,12H2,1H3;1H/t6-,10-;/m1./s1. The zero-order valence-corrected chi connectivity index (χ0v) is 9.44. The zero-order valence-electron chi connectivity index (χ0n) is 7.87. The minimum absolute atomic E-state index is 0. The SMILES string of the molecule is C[C@H]1OCc2cc(Cl)ccc2[C@@H]1N.Cl. The van der Waals surface area contributed by atoms with Crippen molar-refractivity contribution < 1.29 is 4.74 Å². The van der Waals surface area contributed by atoms with E-state index in [1.807, 2.05) is 25.1 Å². The molecule has 2 nitrogen and oxygen atoms in total. The van der Waals surface area contributed by atoms with Crippen molar-refractivity contribution in [1.82, 2.24) is 0 Å². The largest absolute Gasteiger partial charge is 0.372 e. The molecule has 1 aliphatic rings. The molecule has 0 aromatic heterocycles. The van der Waals surface area contributed by atoms with Gasteiger partial charge in [0.05, 0.1) is 18.8 Å². The molecule has 1 aromatic rings. The lowest BCUT2D eigenvalue weighted by molar-refractivity contribution is 0.0214. The van der Waals surface area contributed by atoms with Crippen molar-refractivity contribution in [3.8, 4) is 0 Å². The quantitative estimate of drug-likeness (QED) is 0.748. The van der Waals surface area contributed by atoms with Crippen LogP contribution in [0.15, 0.2) is 18.2 Å². The molecule has 1 aliphatic heterocycles. The number of hydrogen-bond acceptors (Lipinski definition) is 2. The number of rotatable bonds is 0. The fraction of sp³-hybridized carbons (Fsp3) is 0.400. The fourth-order valence-corrected chi connectivity index (χ4v) is 1.80. The lowest BCUT2D eigenvalue weighted by atomic mass is 9.95. The highest BCUT2D eigenvalue weighted by Gasteiger charge is 2.23. The van der Waals surface area contributed by atoms with Crippen molar-refractivity contribution in [3.63, 3.8) is 0 Å². The van der Waals surface area contributed by atoms with Crippen molar-refractivity contribution in [1.29, 1.82) is 0 Å². The van der Waals surface area contributed by atoms with Gasteiger partial charge in [-0.15, -0.1) is 12.4 Å². The molecule has 0 saturated carbocycles. The summed E-state index contributed by atoms with van der Waals surface area (Å²) in [4.78, 5) is 0. The Hall–Kier alpha value is -0.280. The van der Waals surface area contributed by atoms with Crippen molar-refractivity contribution in [3.05, 3.63) is 34.3 Å². The van der Waals surface area contributed by atoms with Crippen LogP contribution in [0.1, 0.15) is 24.1 Å². The molecule has 0 bridgehead atoms. The van der Waals surface area contributed by atoms with Gasteiger partial charge >= 0.3 is 0 Å². The smallest absolute Gasteiger partial charge is 0.0744 e. The van der Waals surface area contributed by atoms with Crippen LogP contribution in [-0.4, -0.2) is 6.10 Å². The van der Waals surface area contributed by atoms with Crippen LogP contribution in [0.5, 0.6) is 0 Å². The summed E-state index contributed by atoms with van der Waals surface area (Å²) in [5.74, 6) is 0. The maximum atomic E-state index is 5.97. The predicted octanol–water partition coefficient (Wildman–Crippen LogP) is 2.68. The van der Waals surface area contributed by atoms with Crippen molar-refractivity contribution >= 4 is 24.0 Å². The number of nitrogens with two attached hydrogens (primary N) is 1. The number of benzene rings is 1. The van der Waals surface area contributed by atoms with Crippen LogP contribution in [0, 0.1) is 0 Å². The molecule has 0 spiro atoms. The number of halogens is 2. The van der Waals surface area contributed by atoms with E-state index < -0.39 is 0 Å². The molecule has 14 heavy (non-hydrogen) atoms. The van der Waals surface area contributed by atoms with Gasteiger partial charge in [0, 0.05) is 5.02 Å². The van der Waals surface area contributed by atoms with Gasteiger partial charge in [0.2, 0.25) is 0 Å². The molecule has 0 saturated heterocycles. The summed E-state index contributed by atoms with van der Waals surface area (Å²) < 4.78 is 5.49. The van der Waals surface area contributed by atoms with Gasteiger partial charge in [0.15, 0.2) is 0 Å². The number of fused-ring (bicyclic) bond motifs is 1. The van der Waals surface area contributed by atoms with Crippen molar-refractivity contribution in [2.45, 2.75) is 25.7 Å². The van der Waals surface area contributed by atoms with Crippen LogP contribution in [0.2, 0.25) is 5.02 Å². The average Bonchev–Trinajstić information content (AvgIpc) is 2.12. The maximum absolute atomic E-state index is 5.97. The first-order chi connectivity index (χ1) is 6.18. The first-order valence-electron chi connectivity index (χ1n) is 4.34. The molecular formula is C10H13Cl2NO. The van der Waals surface area contributed by atoms with Gasteiger partial charge in [0.25, 0.3) is 0 Å². The summed E-state index contributed by atoms with van der Waals surface area (Å²) in [7, 11) is 0. The Morgan fingerprint density at radius 2 is 2.21 bits per heavy atom. The molecule has 2 N–H and O–H groups in total. The van der Waals surface area contributed by atoms with Gasteiger partial charge in [-0.05, 0) is 30.2 Å². The summed E-state index contributed by atoms with van der Waals surface area (Å²) in [6.45, 7) is 2.60. The monoisotopic (exact) mass is 233 g/mol. The minimum atomic E-state index is -0.0268. The summed E-state index contributed by atoms with van der Waals surface area (Å²) in [5.41, 5.74) is 8.24. The highest BCUT2D eigenvalue weighted by Crippen LogP contribution is 2.29. The minimum Gasteiger partial charge on any atom is -0.372 e. The van der Waals surface area contributed by atoms with E-state index >= 15 is 0 Å². The highest BCUT2D eigenvalue weighted by atomic mass is 35.5. The lowest BCUT2D eigenvalue weighted by Crippen LogP contribution is -2.31. The number of hydrogen-bond donors (Lipinski definition) is 1. The molecule has 0 radical (unpaired) electrons. The normalized spacial score (nSPS) is 25.1. The van der Waals surface area contributed by atoms with Crippen molar-refractivity contribution in [2.75, 3.05) is 0 Å². The summed E-state index contributed by atoms with van der Waals surface area (Å²) in [6.07, 6.45) is 0.0914. The fourth-order valence-electron chi connectivity index (χ4n) is 1.60. The molecule has 0 amide bonds. The molecule has 78 valence electrons. The highest BCUT2D eigenvalue weighted by molar-refractivity contribution is 6.30. The van der Waals surface area contributed by atoms with Gasteiger partial charge in [-0.1, -0.05) is 17.7 Å². The van der Waals surface area contributed by atoms with E-state index in [4.69, 9.17) is 22.1 Å². The van der Waals surface area contributed by atoms with E-state index in [-0.39, 0.29) is 24.6 Å². The Balaban J connectivity index is 0.000000980. The van der Waals surface area contributed by atoms with E-state index in [0.29, 0.717) is 6.61 Å². The topological polar surface area (TPSA) is 35.2 Å². The van der Waals surface area contributed by atoms with E-state index in [2.05, 4.69) is 0 Å². The molecule has 1 aromatic carbocycles. The summed E-state index contributed by atoms with van der Waals surface area (Å²) in [5, 5.41) is 0.740. The molecule has 4 heteroatoms. The van der Waals surface area contributed by atoms with E-state index in [0.717, 1.165) is 16.1 Å². The molecule has 0 fully saturated rings. The van der Waals surface area contributed by atoms with E-state index in [1.165, 1.54) is 0 Å². The Kier molecular flexibility index (Phi) is 3.78. The van der Waals surface area contributed by atoms with Gasteiger partial charge in [0.1, 0.15) is 0 Å². The molecule has 1 heterocycles. The van der Waals surface area contributed by atoms with Crippen LogP contribution in [0.25, 0.3) is 0 Å². The van der Waals surface area contributed by atoms with Crippen LogP contribution >= 0.6 is 24.0 Å². The van der Waals surface area contributed by atoms with Gasteiger partial charge in [-0.3, -0.25) is 0 Å². The molecule has 0 aliphatic carbocycles. The first-order valence-corrected chi connectivity index (χ1v) is 4.72. The van der Waals surface area contributed by atoms with Crippen LogP contribution in [-0.2, 0) is 11.3 Å². The molecular weight excluding hydrogens is 221 g/mol. The second-order valence-corrected chi connectivity index (χ2v) is 3.82. The third kappa shape index (κ3) is 2.04. The zero-order chi connectivity index (χ0) is 9.42. The van der Waals surface area contributed by atoms with Crippen LogP contribution in [0.3, 0.4) is 0 Å². The molecule has 2 atom stereocenters. The number of ether oxygens (including phenoxy) is 1. The lowest BCUT2D eigenvalue weighted by Gasteiger charge is -2.28. The predicted molar refractivity (Wildman–Crippen MR) is 59.9 cm³/mol. The van der Waals surface area contributed by atoms with Gasteiger partial charge in [-0.2, -0.15) is 0 Å². The van der Waals surface area contributed by atoms with Gasteiger partial charge < -0.3 is 10.5 Å². The summed E-state index contributed by atoms with van der Waals surface area (Å²) >= 11 is 5.86. The third-order valence-electron chi connectivity index (χ3n) is 2.47. The maximum Gasteiger partial charge on any atom is 0.0744 e. The van der Waals surface area contributed by atoms with Crippen molar-refractivity contribution in [2.24, 2.45) is 5.73 Å². The van der Waals surface area contributed by atoms with E-state index in [9.17, 15) is 0 Å². The Morgan fingerprint density at radius 1 is 1.50 bits per heavy atom.